The monoisotopic (exact) mass is 329 g/mol. The molecule has 2 heterocycles. The van der Waals surface area contributed by atoms with Crippen molar-refractivity contribution in [3.63, 3.8) is 0 Å². The average Bonchev–Trinajstić information content (AvgIpc) is 2.49. The molecule has 22 heavy (non-hydrogen) atoms. The Balaban J connectivity index is 0.00000176. The number of nitrogens with zero attached hydrogens (tertiary/aromatic N) is 2. The molecule has 3 aliphatic rings. The lowest BCUT2D eigenvalue weighted by Crippen LogP contribution is -2.64. The van der Waals surface area contributed by atoms with E-state index in [-0.39, 0.29) is 17.9 Å². The zero-order valence-corrected chi connectivity index (χ0v) is 14.8. The number of rotatable bonds is 2. The summed E-state index contributed by atoms with van der Waals surface area (Å²) in [5.41, 5.74) is 0.162. The standard InChI is InChI=1S/C17H31N3O.ClH/c1-15(21)20-12-11-19(13-16-5-9-18-10-6-16)14-17(20)7-3-2-4-8-17;/h16,18H,2-14H2,1H3;1H. The summed E-state index contributed by atoms with van der Waals surface area (Å²) in [7, 11) is 0. The number of hydrogen-bond acceptors (Lipinski definition) is 3. The molecule has 0 aromatic heterocycles. The van der Waals surface area contributed by atoms with Gasteiger partial charge in [-0.3, -0.25) is 9.69 Å². The summed E-state index contributed by atoms with van der Waals surface area (Å²) >= 11 is 0. The molecule has 1 spiro atoms. The van der Waals surface area contributed by atoms with Crippen LogP contribution in [0, 0.1) is 5.92 Å². The van der Waals surface area contributed by atoms with Crippen LogP contribution in [0.1, 0.15) is 51.9 Å². The first-order valence-electron chi connectivity index (χ1n) is 8.91. The molecule has 0 aromatic carbocycles. The molecule has 0 atom stereocenters. The second-order valence-electron chi connectivity index (χ2n) is 7.38. The molecule has 2 aliphatic heterocycles. The third-order valence-electron chi connectivity index (χ3n) is 5.87. The lowest BCUT2D eigenvalue weighted by atomic mass is 9.78. The van der Waals surface area contributed by atoms with E-state index in [2.05, 4.69) is 15.1 Å². The van der Waals surface area contributed by atoms with Gasteiger partial charge in [-0.15, -0.1) is 12.4 Å². The van der Waals surface area contributed by atoms with Gasteiger partial charge in [-0.2, -0.15) is 0 Å². The van der Waals surface area contributed by atoms with E-state index in [4.69, 9.17) is 0 Å². The topological polar surface area (TPSA) is 35.6 Å². The number of piperidine rings is 1. The minimum Gasteiger partial charge on any atom is -0.335 e. The number of amides is 1. The molecular weight excluding hydrogens is 298 g/mol. The van der Waals surface area contributed by atoms with E-state index >= 15 is 0 Å². The number of nitrogens with one attached hydrogen (secondary N) is 1. The van der Waals surface area contributed by atoms with Crippen molar-refractivity contribution >= 4 is 18.3 Å². The largest absolute Gasteiger partial charge is 0.335 e. The maximum atomic E-state index is 12.1. The van der Waals surface area contributed by atoms with Gasteiger partial charge in [-0.05, 0) is 44.7 Å². The van der Waals surface area contributed by atoms with Crippen molar-refractivity contribution < 1.29 is 4.79 Å². The molecule has 1 aliphatic carbocycles. The van der Waals surface area contributed by atoms with Crippen LogP contribution in [0.4, 0.5) is 0 Å². The molecule has 4 nitrogen and oxygen atoms in total. The smallest absolute Gasteiger partial charge is 0.219 e. The van der Waals surface area contributed by atoms with Crippen LogP contribution in [0.3, 0.4) is 0 Å². The Labute approximate surface area is 141 Å². The summed E-state index contributed by atoms with van der Waals surface area (Å²) in [5, 5.41) is 3.46. The highest BCUT2D eigenvalue weighted by molar-refractivity contribution is 5.85. The van der Waals surface area contributed by atoms with Gasteiger partial charge in [0.05, 0.1) is 5.54 Å². The minimum absolute atomic E-state index is 0. The molecule has 1 N–H and O–H groups in total. The van der Waals surface area contributed by atoms with Crippen molar-refractivity contribution in [2.24, 2.45) is 5.92 Å². The van der Waals surface area contributed by atoms with Gasteiger partial charge in [0, 0.05) is 33.1 Å². The maximum Gasteiger partial charge on any atom is 0.219 e. The fourth-order valence-corrected chi connectivity index (χ4v) is 4.77. The summed E-state index contributed by atoms with van der Waals surface area (Å²) < 4.78 is 0. The average molecular weight is 330 g/mol. The number of carbonyl (C=O) groups is 1. The van der Waals surface area contributed by atoms with E-state index in [1.165, 1.54) is 64.6 Å². The fraction of sp³-hybridized carbons (Fsp3) is 0.941. The highest BCUT2D eigenvalue weighted by atomic mass is 35.5. The van der Waals surface area contributed by atoms with Crippen LogP contribution in [-0.2, 0) is 4.79 Å². The Kier molecular flexibility index (Phi) is 6.54. The second kappa shape index (κ2) is 7.98. The van der Waals surface area contributed by atoms with E-state index in [1.807, 2.05) is 0 Å². The molecule has 0 bridgehead atoms. The van der Waals surface area contributed by atoms with Crippen molar-refractivity contribution in [2.75, 3.05) is 39.3 Å². The molecule has 3 fully saturated rings. The van der Waals surface area contributed by atoms with Crippen LogP contribution in [-0.4, -0.2) is 60.5 Å². The first-order valence-corrected chi connectivity index (χ1v) is 8.91. The molecule has 0 aromatic rings. The summed E-state index contributed by atoms with van der Waals surface area (Å²) in [6.07, 6.45) is 9.02. The fourth-order valence-electron chi connectivity index (χ4n) is 4.77. The summed E-state index contributed by atoms with van der Waals surface area (Å²) in [6, 6.07) is 0. The van der Waals surface area contributed by atoms with Crippen LogP contribution in [0.15, 0.2) is 0 Å². The number of carbonyl (C=O) groups excluding carboxylic acids is 1. The molecular formula is C17H32ClN3O. The number of halogens is 1. The van der Waals surface area contributed by atoms with Crippen molar-refractivity contribution in [3.05, 3.63) is 0 Å². The summed E-state index contributed by atoms with van der Waals surface area (Å²) in [5.74, 6) is 1.15. The molecule has 3 rings (SSSR count). The van der Waals surface area contributed by atoms with Gasteiger partial charge in [-0.1, -0.05) is 19.3 Å². The predicted octanol–water partition coefficient (Wildman–Crippen LogP) is 2.27. The molecule has 1 amide bonds. The van der Waals surface area contributed by atoms with E-state index in [0.29, 0.717) is 5.91 Å². The molecule has 2 saturated heterocycles. The van der Waals surface area contributed by atoms with Crippen LogP contribution >= 0.6 is 12.4 Å². The Morgan fingerprint density at radius 2 is 1.82 bits per heavy atom. The number of piperazine rings is 1. The predicted molar refractivity (Wildman–Crippen MR) is 92.5 cm³/mol. The van der Waals surface area contributed by atoms with Gasteiger partial charge >= 0.3 is 0 Å². The van der Waals surface area contributed by atoms with Gasteiger partial charge in [-0.25, -0.2) is 0 Å². The van der Waals surface area contributed by atoms with Crippen molar-refractivity contribution in [2.45, 2.75) is 57.4 Å². The van der Waals surface area contributed by atoms with Gasteiger partial charge < -0.3 is 10.2 Å². The minimum atomic E-state index is 0. The van der Waals surface area contributed by atoms with Crippen LogP contribution < -0.4 is 5.32 Å². The summed E-state index contributed by atoms with van der Waals surface area (Å²) in [6.45, 7) is 8.52. The van der Waals surface area contributed by atoms with Crippen molar-refractivity contribution in [1.29, 1.82) is 0 Å². The molecule has 0 radical (unpaired) electrons. The van der Waals surface area contributed by atoms with Crippen LogP contribution in [0.5, 0.6) is 0 Å². The first kappa shape index (κ1) is 18.0. The quantitative estimate of drug-likeness (QED) is 0.844. The van der Waals surface area contributed by atoms with Crippen molar-refractivity contribution in [1.82, 2.24) is 15.1 Å². The highest BCUT2D eigenvalue weighted by Gasteiger charge is 2.43. The maximum absolute atomic E-state index is 12.1. The lowest BCUT2D eigenvalue weighted by molar-refractivity contribution is -0.142. The molecule has 128 valence electrons. The Hall–Kier alpha value is -0.320. The van der Waals surface area contributed by atoms with Gasteiger partial charge in [0.1, 0.15) is 0 Å². The van der Waals surface area contributed by atoms with Crippen LogP contribution in [0.2, 0.25) is 0 Å². The van der Waals surface area contributed by atoms with E-state index < -0.39 is 0 Å². The molecule has 1 saturated carbocycles. The second-order valence-corrected chi connectivity index (χ2v) is 7.38. The first-order chi connectivity index (χ1) is 10.2. The zero-order valence-electron chi connectivity index (χ0n) is 14.0. The normalized spacial score (nSPS) is 26.7. The van der Waals surface area contributed by atoms with Gasteiger partial charge in [0.25, 0.3) is 0 Å². The Morgan fingerprint density at radius 1 is 1.14 bits per heavy atom. The van der Waals surface area contributed by atoms with Gasteiger partial charge in [0.15, 0.2) is 0 Å². The van der Waals surface area contributed by atoms with Crippen LogP contribution in [0.25, 0.3) is 0 Å². The molecule has 0 unspecified atom stereocenters. The van der Waals surface area contributed by atoms with E-state index in [9.17, 15) is 4.79 Å². The Bertz CT molecular complexity index is 365. The number of hydrogen-bond donors (Lipinski definition) is 1. The Morgan fingerprint density at radius 3 is 2.45 bits per heavy atom. The summed E-state index contributed by atoms with van der Waals surface area (Å²) in [4.78, 5) is 16.9. The lowest BCUT2D eigenvalue weighted by Gasteiger charge is -2.53. The van der Waals surface area contributed by atoms with E-state index in [1.54, 1.807) is 6.92 Å². The zero-order chi connectivity index (χ0) is 14.7. The highest BCUT2D eigenvalue weighted by Crippen LogP contribution is 2.37. The molecule has 5 heteroatoms. The van der Waals surface area contributed by atoms with E-state index in [0.717, 1.165) is 25.6 Å². The third kappa shape index (κ3) is 3.95. The SMILES string of the molecule is CC(=O)N1CCN(CC2CCNCC2)CC12CCCCC2.Cl. The third-order valence-corrected chi connectivity index (χ3v) is 5.87. The van der Waals surface area contributed by atoms with Crippen molar-refractivity contribution in [3.8, 4) is 0 Å². The van der Waals surface area contributed by atoms with Gasteiger partial charge in [0.2, 0.25) is 5.91 Å².